The molecule has 5 nitrogen and oxygen atoms in total. The van der Waals surface area contributed by atoms with Crippen molar-refractivity contribution in [2.75, 3.05) is 11.4 Å². The van der Waals surface area contributed by atoms with Crippen molar-refractivity contribution in [3.63, 3.8) is 0 Å². The molecule has 9 heteroatoms. The Labute approximate surface area is 187 Å². The molecule has 0 atom stereocenters. The van der Waals surface area contributed by atoms with Gasteiger partial charge in [-0.1, -0.05) is 29.0 Å². The lowest BCUT2D eigenvalue weighted by atomic mass is 10.3. The van der Waals surface area contributed by atoms with E-state index >= 15 is 0 Å². The van der Waals surface area contributed by atoms with Crippen molar-refractivity contribution in [2.24, 2.45) is 0 Å². The fourth-order valence-electron chi connectivity index (χ4n) is 2.76. The zero-order valence-electron chi connectivity index (χ0n) is 15.3. The first-order valence-electron chi connectivity index (χ1n) is 8.74. The number of amides is 1. The molecule has 0 radical (unpaired) electrons. The second-order valence-electron chi connectivity index (χ2n) is 6.10. The SMILES string of the molecule is Cl.O=C(/C=C/c1cccs1)N(CCCn1ccnc1)c1nc2ccc(Cl)cc2s1. The van der Waals surface area contributed by atoms with Gasteiger partial charge in [0.2, 0.25) is 0 Å². The van der Waals surface area contributed by atoms with Crippen LogP contribution in [0, 0.1) is 0 Å². The van der Waals surface area contributed by atoms with Crippen LogP contribution >= 0.6 is 46.7 Å². The summed E-state index contributed by atoms with van der Waals surface area (Å²) in [5, 5.41) is 3.34. The van der Waals surface area contributed by atoms with Crippen LogP contribution in [0.1, 0.15) is 11.3 Å². The minimum atomic E-state index is -0.0795. The zero-order valence-corrected chi connectivity index (χ0v) is 18.5. The molecule has 3 aromatic heterocycles. The number of anilines is 1. The van der Waals surface area contributed by atoms with Gasteiger partial charge in [-0.15, -0.1) is 23.7 Å². The number of hydrogen-bond donors (Lipinski definition) is 0. The van der Waals surface area contributed by atoms with E-state index in [9.17, 15) is 4.79 Å². The predicted octanol–water partition coefficient (Wildman–Crippen LogP) is 5.77. The van der Waals surface area contributed by atoms with Gasteiger partial charge in [0.15, 0.2) is 5.13 Å². The van der Waals surface area contributed by atoms with Crippen LogP contribution in [0.15, 0.2) is 60.5 Å². The monoisotopic (exact) mass is 464 g/mol. The zero-order chi connectivity index (χ0) is 19.3. The van der Waals surface area contributed by atoms with Crippen molar-refractivity contribution < 1.29 is 4.79 Å². The highest BCUT2D eigenvalue weighted by Crippen LogP contribution is 2.31. The Hall–Kier alpha value is -2.19. The summed E-state index contributed by atoms with van der Waals surface area (Å²) in [4.78, 5) is 24.4. The van der Waals surface area contributed by atoms with Crippen LogP contribution in [-0.2, 0) is 11.3 Å². The van der Waals surface area contributed by atoms with Crippen molar-refractivity contribution in [1.82, 2.24) is 14.5 Å². The van der Waals surface area contributed by atoms with E-state index in [0.717, 1.165) is 28.1 Å². The number of benzene rings is 1. The van der Waals surface area contributed by atoms with E-state index in [1.807, 2.05) is 52.6 Å². The average Bonchev–Trinajstić information content (AvgIpc) is 3.44. The molecule has 0 bridgehead atoms. The van der Waals surface area contributed by atoms with Gasteiger partial charge in [0.25, 0.3) is 5.91 Å². The summed E-state index contributed by atoms with van der Waals surface area (Å²) in [6.45, 7) is 1.36. The third-order valence-corrected chi connectivity index (χ3v) is 6.24. The molecule has 150 valence electrons. The second kappa shape index (κ2) is 10.0. The topological polar surface area (TPSA) is 51.0 Å². The summed E-state index contributed by atoms with van der Waals surface area (Å²) >= 11 is 9.17. The number of rotatable bonds is 7. The largest absolute Gasteiger partial charge is 0.337 e. The van der Waals surface area contributed by atoms with Crippen LogP contribution in [0.4, 0.5) is 5.13 Å². The van der Waals surface area contributed by atoms with Crippen LogP contribution in [0.5, 0.6) is 0 Å². The van der Waals surface area contributed by atoms with Crippen molar-refractivity contribution in [2.45, 2.75) is 13.0 Å². The van der Waals surface area contributed by atoms with Gasteiger partial charge in [-0.3, -0.25) is 9.69 Å². The minimum Gasteiger partial charge on any atom is -0.337 e. The molecule has 0 aliphatic heterocycles. The van der Waals surface area contributed by atoms with Gasteiger partial charge in [0, 0.05) is 41.5 Å². The van der Waals surface area contributed by atoms with Crippen molar-refractivity contribution in [3.05, 3.63) is 70.4 Å². The van der Waals surface area contributed by atoms with Crippen LogP contribution in [0.25, 0.3) is 16.3 Å². The highest BCUT2D eigenvalue weighted by molar-refractivity contribution is 7.22. The molecule has 0 aliphatic rings. The summed E-state index contributed by atoms with van der Waals surface area (Å²) in [5.41, 5.74) is 0.846. The Kier molecular flexibility index (Phi) is 7.44. The normalized spacial score (nSPS) is 11.1. The molecule has 0 N–H and O–H groups in total. The summed E-state index contributed by atoms with van der Waals surface area (Å²) in [5.74, 6) is -0.0795. The van der Waals surface area contributed by atoms with E-state index < -0.39 is 0 Å². The molecule has 4 aromatic rings. The van der Waals surface area contributed by atoms with Crippen molar-refractivity contribution >= 4 is 74.0 Å². The summed E-state index contributed by atoms with van der Waals surface area (Å²) in [7, 11) is 0. The first-order chi connectivity index (χ1) is 13.7. The molecule has 3 heterocycles. The minimum absolute atomic E-state index is 0. The fraction of sp³-hybridized carbons (Fsp3) is 0.150. The highest BCUT2D eigenvalue weighted by Gasteiger charge is 2.18. The molecule has 0 fully saturated rings. The number of hydrogen-bond acceptors (Lipinski definition) is 5. The van der Waals surface area contributed by atoms with E-state index in [0.29, 0.717) is 16.7 Å². The van der Waals surface area contributed by atoms with Crippen molar-refractivity contribution in [1.29, 1.82) is 0 Å². The predicted molar refractivity (Wildman–Crippen MR) is 124 cm³/mol. The molecule has 1 amide bonds. The van der Waals surface area contributed by atoms with E-state index in [2.05, 4.69) is 9.97 Å². The third-order valence-electron chi connectivity index (χ3n) is 4.13. The van der Waals surface area contributed by atoms with E-state index in [1.165, 1.54) is 11.3 Å². The lowest BCUT2D eigenvalue weighted by Crippen LogP contribution is -2.30. The van der Waals surface area contributed by atoms with E-state index in [-0.39, 0.29) is 18.3 Å². The van der Waals surface area contributed by atoms with E-state index in [1.54, 1.807) is 34.8 Å². The Balaban J connectivity index is 0.00000240. The van der Waals surface area contributed by atoms with Gasteiger partial charge < -0.3 is 4.57 Å². The number of nitrogens with zero attached hydrogens (tertiary/aromatic N) is 4. The molecule has 0 saturated carbocycles. The standard InChI is InChI=1S/C20H17ClN4OS2.ClH/c21-15-4-6-17-18(13-15)28-20(23-17)25(10-2-9-24-11-8-22-14-24)19(26)7-5-16-3-1-12-27-16;/h1,3-8,11-14H,2,9-10H2;1H/b7-5+;. The Morgan fingerprint density at radius 1 is 1.31 bits per heavy atom. The Morgan fingerprint density at radius 3 is 2.97 bits per heavy atom. The smallest absolute Gasteiger partial charge is 0.252 e. The number of thiophene rings is 1. The first kappa shape index (κ1) is 21.5. The summed E-state index contributed by atoms with van der Waals surface area (Å²) < 4.78 is 2.97. The summed E-state index contributed by atoms with van der Waals surface area (Å²) in [6.07, 6.45) is 9.71. The number of thiazole rings is 1. The van der Waals surface area contributed by atoms with Gasteiger partial charge in [-0.05, 0) is 42.1 Å². The number of aromatic nitrogens is 3. The average molecular weight is 465 g/mol. The summed E-state index contributed by atoms with van der Waals surface area (Å²) in [6, 6.07) is 9.53. The van der Waals surface area contributed by atoms with Gasteiger partial charge in [0.05, 0.1) is 16.5 Å². The Bertz CT molecular complexity index is 1090. The number of aryl methyl sites for hydroxylation is 1. The molecule has 0 unspecified atom stereocenters. The quantitative estimate of drug-likeness (QED) is 0.326. The maximum atomic E-state index is 12.9. The lowest BCUT2D eigenvalue weighted by Gasteiger charge is -2.18. The molecule has 4 rings (SSSR count). The molecular formula is C20H18Cl2N4OS2. The number of fused-ring (bicyclic) bond motifs is 1. The molecule has 0 saturated heterocycles. The number of halogens is 2. The van der Waals surface area contributed by atoms with Crippen LogP contribution < -0.4 is 4.90 Å². The highest BCUT2D eigenvalue weighted by atomic mass is 35.5. The molecule has 0 spiro atoms. The molecule has 29 heavy (non-hydrogen) atoms. The van der Waals surface area contributed by atoms with Crippen LogP contribution in [0.3, 0.4) is 0 Å². The van der Waals surface area contributed by atoms with Crippen LogP contribution in [0.2, 0.25) is 5.02 Å². The fourth-order valence-corrected chi connectivity index (χ4v) is 4.65. The molecule has 1 aromatic carbocycles. The van der Waals surface area contributed by atoms with E-state index in [4.69, 9.17) is 11.6 Å². The van der Waals surface area contributed by atoms with Gasteiger partial charge in [0.1, 0.15) is 0 Å². The third kappa shape index (κ3) is 5.45. The Morgan fingerprint density at radius 2 is 2.21 bits per heavy atom. The van der Waals surface area contributed by atoms with Gasteiger partial charge in [-0.25, -0.2) is 9.97 Å². The second-order valence-corrected chi connectivity index (χ2v) is 8.53. The number of carbonyl (C=O) groups excluding carboxylic acids is 1. The van der Waals surface area contributed by atoms with Gasteiger partial charge >= 0.3 is 0 Å². The van der Waals surface area contributed by atoms with Crippen molar-refractivity contribution in [3.8, 4) is 0 Å². The lowest BCUT2D eigenvalue weighted by molar-refractivity contribution is -0.114. The van der Waals surface area contributed by atoms with Crippen LogP contribution in [-0.4, -0.2) is 27.0 Å². The maximum Gasteiger partial charge on any atom is 0.252 e. The number of carbonyl (C=O) groups is 1. The van der Waals surface area contributed by atoms with Gasteiger partial charge in [-0.2, -0.15) is 0 Å². The molecule has 0 aliphatic carbocycles. The number of imidazole rings is 1. The first-order valence-corrected chi connectivity index (χ1v) is 10.8. The maximum absolute atomic E-state index is 12.9. The molecular weight excluding hydrogens is 447 g/mol.